The van der Waals surface area contributed by atoms with Gasteiger partial charge in [0.1, 0.15) is 0 Å². The van der Waals surface area contributed by atoms with E-state index >= 15 is 0 Å². The molecule has 1 aliphatic rings. The fraction of sp³-hybridized carbons (Fsp3) is 0.308. The number of rotatable bonds is 4. The van der Waals surface area contributed by atoms with Gasteiger partial charge in [-0.1, -0.05) is 0 Å². The number of urea groups is 2. The molecule has 4 amide bonds. The Bertz CT molecular complexity index is 637. The third-order valence-corrected chi connectivity index (χ3v) is 3.86. The van der Waals surface area contributed by atoms with Crippen LogP contribution in [0.4, 0.5) is 9.59 Å². The standard InChI is InChI=1S/C13H15N5O2S/c19-12(18-7-4-15-13(18)20)14-3-6-17-5-1-11(16-17)10-2-8-21-9-10/h1-2,5,8-9H,3-4,6-7H2,(H,14,19)(H,15,20). The number of aromatic nitrogens is 2. The molecule has 0 atom stereocenters. The molecule has 0 spiro atoms. The number of hydrogen-bond acceptors (Lipinski definition) is 4. The highest BCUT2D eigenvalue weighted by Gasteiger charge is 2.25. The zero-order valence-electron chi connectivity index (χ0n) is 11.3. The van der Waals surface area contributed by atoms with Gasteiger partial charge in [0.25, 0.3) is 0 Å². The van der Waals surface area contributed by atoms with E-state index in [-0.39, 0.29) is 12.1 Å². The van der Waals surface area contributed by atoms with Gasteiger partial charge in [-0.3, -0.25) is 4.68 Å². The molecule has 2 aromatic heterocycles. The molecule has 2 aromatic rings. The van der Waals surface area contributed by atoms with Crippen molar-refractivity contribution in [2.45, 2.75) is 6.54 Å². The summed E-state index contributed by atoms with van der Waals surface area (Å²) >= 11 is 1.63. The molecular formula is C13H15N5O2S. The Balaban J connectivity index is 1.49. The van der Waals surface area contributed by atoms with Crippen LogP contribution in [0.15, 0.2) is 29.1 Å². The predicted octanol–water partition coefficient (Wildman–Crippen LogP) is 1.35. The van der Waals surface area contributed by atoms with E-state index in [9.17, 15) is 9.59 Å². The molecule has 1 fully saturated rings. The van der Waals surface area contributed by atoms with Crippen molar-refractivity contribution in [2.24, 2.45) is 0 Å². The molecule has 0 bridgehead atoms. The number of carbonyl (C=O) groups is 2. The Kier molecular flexibility index (Phi) is 3.87. The van der Waals surface area contributed by atoms with Crippen LogP contribution < -0.4 is 10.6 Å². The van der Waals surface area contributed by atoms with E-state index in [0.29, 0.717) is 26.2 Å². The maximum atomic E-state index is 11.8. The van der Waals surface area contributed by atoms with Gasteiger partial charge in [-0.05, 0) is 17.5 Å². The largest absolute Gasteiger partial charge is 0.336 e. The molecule has 0 aromatic carbocycles. The first-order chi connectivity index (χ1) is 10.2. The fourth-order valence-corrected chi connectivity index (χ4v) is 2.74. The highest BCUT2D eigenvalue weighted by atomic mass is 32.1. The third-order valence-electron chi connectivity index (χ3n) is 3.18. The van der Waals surface area contributed by atoms with Crippen molar-refractivity contribution in [3.05, 3.63) is 29.1 Å². The maximum absolute atomic E-state index is 11.8. The molecule has 3 heterocycles. The molecule has 3 rings (SSSR count). The lowest BCUT2D eigenvalue weighted by atomic mass is 10.2. The van der Waals surface area contributed by atoms with Crippen LogP contribution in [0.2, 0.25) is 0 Å². The Morgan fingerprint density at radius 2 is 2.38 bits per heavy atom. The normalized spacial score (nSPS) is 14.3. The van der Waals surface area contributed by atoms with Gasteiger partial charge >= 0.3 is 12.1 Å². The van der Waals surface area contributed by atoms with Crippen LogP contribution in [0.1, 0.15) is 0 Å². The van der Waals surface area contributed by atoms with Crippen LogP contribution in [-0.2, 0) is 6.54 Å². The number of imide groups is 1. The molecule has 1 aliphatic heterocycles. The summed E-state index contributed by atoms with van der Waals surface area (Å²) in [6, 6.07) is 3.25. The summed E-state index contributed by atoms with van der Waals surface area (Å²) in [5.41, 5.74) is 2.01. The Morgan fingerprint density at radius 3 is 3.10 bits per heavy atom. The Labute approximate surface area is 125 Å². The monoisotopic (exact) mass is 305 g/mol. The van der Waals surface area contributed by atoms with E-state index in [0.717, 1.165) is 11.3 Å². The van der Waals surface area contributed by atoms with Gasteiger partial charge in [-0.25, -0.2) is 14.5 Å². The van der Waals surface area contributed by atoms with Crippen LogP contribution in [0.25, 0.3) is 11.3 Å². The lowest BCUT2D eigenvalue weighted by Gasteiger charge is -2.13. The Hall–Kier alpha value is -2.35. The van der Waals surface area contributed by atoms with E-state index in [1.807, 2.05) is 29.1 Å². The van der Waals surface area contributed by atoms with Crippen LogP contribution in [0, 0.1) is 0 Å². The summed E-state index contributed by atoms with van der Waals surface area (Å²) in [5, 5.41) is 13.8. The average Bonchev–Trinajstić information content (AvgIpc) is 3.19. The quantitative estimate of drug-likeness (QED) is 0.895. The van der Waals surface area contributed by atoms with E-state index in [2.05, 4.69) is 15.7 Å². The smallest absolute Gasteiger partial charge is 0.325 e. The first-order valence-corrected chi connectivity index (χ1v) is 7.57. The first-order valence-electron chi connectivity index (χ1n) is 6.63. The van der Waals surface area contributed by atoms with Crippen LogP contribution in [-0.4, -0.2) is 46.4 Å². The van der Waals surface area contributed by atoms with Crippen LogP contribution >= 0.6 is 11.3 Å². The number of thiophene rings is 1. The van der Waals surface area contributed by atoms with Gasteiger partial charge in [-0.15, -0.1) is 0 Å². The van der Waals surface area contributed by atoms with E-state index in [1.165, 1.54) is 4.90 Å². The lowest BCUT2D eigenvalue weighted by molar-refractivity contribution is 0.198. The van der Waals surface area contributed by atoms with E-state index < -0.39 is 0 Å². The minimum Gasteiger partial charge on any atom is -0.336 e. The van der Waals surface area contributed by atoms with Crippen molar-refractivity contribution in [1.29, 1.82) is 0 Å². The van der Waals surface area contributed by atoms with Gasteiger partial charge in [0.05, 0.1) is 12.2 Å². The minimum atomic E-state index is -0.366. The van der Waals surface area contributed by atoms with E-state index in [4.69, 9.17) is 0 Å². The van der Waals surface area contributed by atoms with Crippen molar-refractivity contribution in [1.82, 2.24) is 25.3 Å². The van der Waals surface area contributed by atoms with Crippen molar-refractivity contribution in [3.8, 4) is 11.3 Å². The van der Waals surface area contributed by atoms with Crippen molar-refractivity contribution >= 4 is 23.4 Å². The molecule has 0 unspecified atom stereocenters. The molecule has 8 heteroatoms. The number of carbonyl (C=O) groups excluding carboxylic acids is 2. The van der Waals surface area contributed by atoms with Gasteiger partial charge in [0, 0.05) is 36.8 Å². The van der Waals surface area contributed by atoms with Crippen LogP contribution in [0.3, 0.4) is 0 Å². The minimum absolute atomic E-state index is 0.341. The topological polar surface area (TPSA) is 79.3 Å². The lowest BCUT2D eigenvalue weighted by Crippen LogP contribution is -2.42. The van der Waals surface area contributed by atoms with Crippen molar-refractivity contribution < 1.29 is 9.59 Å². The summed E-state index contributed by atoms with van der Waals surface area (Å²) in [7, 11) is 0. The fourth-order valence-electron chi connectivity index (χ4n) is 2.09. The SMILES string of the molecule is O=C1NCCN1C(=O)NCCn1ccc(-c2ccsc2)n1. The zero-order valence-corrected chi connectivity index (χ0v) is 12.1. The van der Waals surface area contributed by atoms with Crippen LogP contribution in [0.5, 0.6) is 0 Å². The Morgan fingerprint density at radius 1 is 1.48 bits per heavy atom. The van der Waals surface area contributed by atoms with Gasteiger partial charge < -0.3 is 10.6 Å². The number of nitrogens with one attached hydrogen (secondary N) is 2. The van der Waals surface area contributed by atoms with Gasteiger partial charge in [0.2, 0.25) is 0 Å². The molecule has 21 heavy (non-hydrogen) atoms. The van der Waals surface area contributed by atoms with Gasteiger partial charge in [-0.2, -0.15) is 16.4 Å². The molecule has 2 N–H and O–H groups in total. The number of amides is 4. The average molecular weight is 305 g/mol. The number of hydrogen-bond donors (Lipinski definition) is 2. The second-order valence-electron chi connectivity index (χ2n) is 4.59. The second-order valence-corrected chi connectivity index (χ2v) is 5.37. The molecule has 7 nitrogen and oxygen atoms in total. The summed E-state index contributed by atoms with van der Waals surface area (Å²) < 4.78 is 1.78. The first kappa shape index (κ1) is 13.6. The molecule has 0 saturated carbocycles. The summed E-state index contributed by atoms with van der Waals surface area (Å²) in [4.78, 5) is 24.3. The molecular weight excluding hydrogens is 290 g/mol. The molecule has 0 radical (unpaired) electrons. The molecule has 1 saturated heterocycles. The third kappa shape index (κ3) is 3.05. The maximum Gasteiger partial charge on any atom is 0.325 e. The predicted molar refractivity (Wildman–Crippen MR) is 79.0 cm³/mol. The number of nitrogens with zero attached hydrogens (tertiary/aromatic N) is 3. The van der Waals surface area contributed by atoms with E-state index in [1.54, 1.807) is 16.0 Å². The summed E-state index contributed by atoms with van der Waals surface area (Å²) in [6.45, 7) is 1.91. The highest BCUT2D eigenvalue weighted by Crippen LogP contribution is 2.19. The molecule has 110 valence electrons. The van der Waals surface area contributed by atoms with Gasteiger partial charge in [0.15, 0.2) is 0 Å². The zero-order chi connectivity index (χ0) is 14.7. The second kappa shape index (κ2) is 5.96. The highest BCUT2D eigenvalue weighted by molar-refractivity contribution is 7.08. The van der Waals surface area contributed by atoms with Crippen molar-refractivity contribution in [2.75, 3.05) is 19.6 Å². The molecule has 0 aliphatic carbocycles. The summed E-state index contributed by atoms with van der Waals surface area (Å²) in [6.07, 6.45) is 1.88. The van der Waals surface area contributed by atoms with Crippen molar-refractivity contribution in [3.63, 3.8) is 0 Å². The summed E-state index contributed by atoms with van der Waals surface area (Å²) in [5.74, 6) is 0.